The van der Waals surface area contributed by atoms with E-state index in [1.807, 2.05) is 30.3 Å². The first-order chi connectivity index (χ1) is 13.6. The number of amides is 1. The van der Waals surface area contributed by atoms with Crippen LogP contribution in [0.3, 0.4) is 0 Å². The van der Waals surface area contributed by atoms with E-state index in [2.05, 4.69) is 10.1 Å². The summed E-state index contributed by atoms with van der Waals surface area (Å²) in [5, 5.41) is 4.42. The molecule has 1 amide bonds. The fourth-order valence-corrected chi connectivity index (χ4v) is 3.12. The van der Waals surface area contributed by atoms with Crippen LogP contribution in [0.15, 0.2) is 78.2 Å². The van der Waals surface area contributed by atoms with Gasteiger partial charge in [-0.2, -0.15) is 0 Å². The van der Waals surface area contributed by atoms with E-state index in [9.17, 15) is 9.59 Å². The largest absolute Gasteiger partial charge is 0.367 e. The number of anilines is 1. The van der Waals surface area contributed by atoms with Gasteiger partial charge in [0.25, 0.3) is 5.91 Å². The zero-order valence-electron chi connectivity index (χ0n) is 14.6. The van der Waals surface area contributed by atoms with Crippen molar-refractivity contribution in [3.63, 3.8) is 0 Å². The van der Waals surface area contributed by atoms with Gasteiger partial charge < -0.3 is 9.74 Å². The first kappa shape index (κ1) is 17.9. The topological polar surface area (TPSA) is 71.9 Å². The highest BCUT2D eigenvalue weighted by molar-refractivity contribution is 6.54. The van der Waals surface area contributed by atoms with Crippen molar-refractivity contribution in [2.45, 2.75) is 6.54 Å². The summed E-state index contributed by atoms with van der Waals surface area (Å²) in [6.45, 7) is 0.283. The summed E-state index contributed by atoms with van der Waals surface area (Å²) < 4.78 is 0. The number of hydrogen-bond donors (Lipinski definition) is 0. The Bertz CT molecular complexity index is 1080. The van der Waals surface area contributed by atoms with Crippen molar-refractivity contribution in [1.29, 1.82) is 0 Å². The molecule has 0 fully saturated rings. The van der Waals surface area contributed by atoms with E-state index in [0.29, 0.717) is 16.3 Å². The average molecular weight is 392 g/mol. The highest BCUT2D eigenvalue weighted by atomic mass is 35.5. The molecule has 28 heavy (non-hydrogen) atoms. The molecule has 7 heteroatoms. The van der Waals surface area contributed by atoms with Gasteiger partial charge >= 0.3 is 5.97 Å². The van der Waals surface area contributed by atoms with E-state index in [1.165, 1.54) is 6.20 Å². The Hall–Kier alpha value is -3.51. The summed E-state index contributed by atoms with van der Waals surface area (Å²) in [6.07, 6.45) is 2.92. The summed E-state index contributed by atoms with van der Waals surface area (Å²) in [5.74, 6) is -1.05. The van der Waals surface area contributed by atoms with Crippen LogP contribution in [0.4, 0.5) is 5.69 Å². The zero-order valence-corrected chi connectivity index (χ0v) is 15.3. The number of hydrogen-bond acceptors (Lipinski definition) is 5. The van der Waals surface area contributed by atoms with Gasteiger partial charge in [-0.1, -0.05) is 53.2 Å². The van der Waals surface area contributed by atoms with Crippen LogP contribution in [0.5, 0.6) is 0 Å². The second-order valence-corrected chi connectivity index (χ2v) is 6.47. The smallest absolute Gasteiger partial charge is 0.312 e. The van der Waals surface area contributed by atoms with E-state index < -0.39 is 5.97 Å². The van der Waals surface area contributed by atoms with Crippen molar-refractivity contribution >= 4 is 34.9 Å². The molecule has 2 heterocycles. The van der Waals surface area contributed by atoms with Gasteiger partial charge in [-0.15, -0.1) is 0 Å². The van der Waals surface area contributed by atoms with Crippen LogP contribution in [-0.2, 0) is 16.2 Å². The second-order valence-electron chi connectivity index (χ2n) is 6.06. The number of aromatic nitrogens is 1. The molecule has 0 saturated heterocycles. The van der Waals surface area contributed by atoms with Crippen LogP contribution in [-0.4, -0.2) is 22.6 Å². The highest BCUT2D eigenvalue weighted by Crippen LogP contribution is 2.31. The lowest BCUT2D eigenvalue weighted by Crippen LogP contribution is -2.30. The van der Waals surface area contributed by atoms with Crippen molar-refractivity contribution in [2.24, 2.45) is 5.16 Å². The predicted molar refractivity (Wildman–Crippen MR) is 105 cm³/mol. The van der Waals surface area contributed by atoms with Crippen molar-refractivity contribution in [3.05, 3.63) is 94.8 Å². The number of halogens is 1. The molecule has 0 radical (unpaired) electrons. The maximum absolute atomic E-state index is 13.0. The lowest BCUT2D eigenvalue weighted by atomic mass is 10.1. The molecule has 2 aromatic carbocycles. The third-order valence-electron chi connectivity index (χ3n) is 4.30. The summed E-state index contributed by atoms with van der Waals surface area (Å²) in [4.78, 5) is 35.5. The summed E-state index contributed by atoms with van der Waals surface area (Å²) in [5.41, 5.74) is 2.40. The monoisotopic (exact) mass is 391 g/mol. The van der Waals surface area contributed by atoms with Gasteiger partial charge in [-0.05, 0) is 29.8 Å². The average Bonchev–Trinajstić information content (AvgIpc) is 3.00. The van der Waals surface area contributed by atoms with Crippen molar-refractivity contribution < 1.29 is 14.4 Å². The third-order valence-corrected chi connectivity index (χ3v) is 4.67. The molecule has 0 spiro atoms. The molecule has 1 aromatic heterocycles. The number of carbonyl (C=O) groups excluding carboxylic acids is 2. The van der Waals surface area contributed by atoms with Crippen molar-refractivity contribution in [1.82, 2.24) is 4.98 Å². The summed E-state index contributed by atoms with van der Waals surface area (Å²) in [7, 11) is 0. The normalized spacial score (nSPS) is 14.2. The minimum Gasteiger partial charge on any atom is -0.312 e. The number of carbonyl (C=O) groups is 2. The molecule has 1 aliphatic heterocycles. The Labute approximate surface area is 166 Å². The number of fused-ring (bicyclic) bond motifs is 1. The molecule has 0 saturated carbocycles. The molecular weight excluding hydrogens is 378 g/mol. The Kier molecular flexibility index (Phi) is 4.87. The maximum Gasteiger partial charge on any atom is 0.367 e. The molecule has 0 unspecified atom stereocenters. The quantitative estimate of drug-likeness (QED) is 0.500. The van der Waals surface area contributed by atoms with Crippen LogP contribution < -0.4 is 4.90 Å². The second kappa shape index (κ2) is 7.62. The standard InChI is InChI=1S/C21H14ClN3O3/c22-17-9-3-1-6-15(17)13-25-18-10-4-2-8-16(18)19(20(25)26)24-28-21(27)14-7-5-11-23-12-14/h1-12H,13H2/b24-19+. The molecule has 3 aromatic rings. The highest BCUT2D eigenvalue weighted by Gasteiger charge is 2.35. The molecule has 0 atom stereocenters. The minimum atomic E-state index is -0.685. The van der Waals surface area contributed by atoms with Crippen molar-refractivity contribution in [2.75, 3.05) is 4.90 Å². The van der Waals surface area contributed by atoms with Gasteiger partial charge in [0.15, 0.2) is 5.71 Å². The number of pyridine rings is 1. The Morgan fingerprint density at radius 1 is 1.07 bits per heavy atom. The number of para-hydroxylation sites is 1. The van der Waals surface area contributed by atoms with E-state index in [0.717, 1.165) is 5.56 Å². The molecule has 138 valence electrons. The fourth-order valence-electron chi connectivity index (χ4n) is 2.93. The van der Waals surface area contributed by atoms with Crippen LogP contribution in [0.25, 0.3) is 0 Å². The fraction of sp³-hybridized carbons (Fsp3) is 0.0476. The Morgan fingerprint density at radius 2 is 1.86 bits per heavy atom. The number of nitrogens with zero attached hydrogens (tertiary/aromatic N) is 3. The number of benzene rings is 2. The molecule has 0 N–H and O–H groups in total. The predicted octanol–water partition coefficient (Wildman–Crippen LogP) is 3.84. The van der Waals surface area contributed by atoms with Crippen LogP contribution in [0, 0.1) is 0 Å². The van der Waals surface area contributed by atoms with E-state index >= 15 is 0 Å². The van der Waals surface area contributed by atoms with E-state index in [4.69, 9.17) is 16.4 Å². The maximum atomic E-state index is 13.0. The lowest BCUT2D eigenvalue weighted by molar-refractivity contribution is -0.112. The van der Waals surface area contributed by atoms with Crippen LogP contribution in [0.2, 0.25) is 5.02 Å². The van der Waals surface area contributed by atoms with E-state index in [1.54, 1.807) is 41.4 Å². The Morgan fingerprint density at radius 3 is 2.64 bits per heavy atom. The summed E-state index contributed by atoms with van der Waals surface area (Å²) in [6, 6.07) is 17.7. The molecule has 6 nitrogen and oxygen atoms in total. The SMILES string of the molecule is O=C(O/N=C1/C(=O)N(Cc2ccccc2Cl)c2ccccc21)c1cccnc1. The molecule has 0 bridgehead atoms. The molecular formula is C21H14ClN3O3. The Balaban J connectivity index is 1.63. The third kappa shape index (κ3) is 3.37. The number of rotatable bonds is 4. The molecule has 4 rings (SSSR count). The first-order valence-corrected chi connectivity index (χ1v) is 8.87. The van der Waals surface area contributed by atoms with Gasteiger partial charge in [0, 0.05) is 23.0 Å². The van der Waals surface area contributed by atoms with Crippen molar-refractivity contribution in [3.8, 4) is 0 Å². The molecule has 1 aliphatic rings. The van der Waals surface area contributed by atoms with Gasteiger partial charge in [-0.25, -0.2) is 4.79 Å². The van der Waals surface area contributed by atoms with E-state index in [-0.39, 0.29) is 23.7 Å². The summed E-state index contributed by atoms with van der Waals surface area (Å²) >= 11 is 6.24. The van der Waals surface area contributed by atoms with Gasteiger partial charge in [0.2, 0.25) is 0 Å². The van der Waals surface area contributed by atoms with Gasteiger partial charge in [0.05, 0.1) is 17.8 Å². The lowest BCUT2D eigenvalue weighted by Gasteiger charge is -2.17. The number of oxime groups is 1. The van der Waals surface area contributed by atoms with Crippen LogP contribution in [0.1, 0.15) is 21.5 Å². The van der Waals surface area contributed by atoms with Gasteiger partial charge in [-0.3, -0.25) is 9.78 Å². The van der Waals surface area contributed by atoms with Gasteiger partial charge in [0.1, 0.15) is 0 Å². The van der Waals surface area contributed by atoms with Crippen LogP contribution >= 0.6 is 11.6 Å². The first-order valence-electron chi connectivity index (χ1n) is 8.49. The molecule has 0 aliphatic carbocycles. The zero-order chi connectivity index (χ0) is 19.5. The minimum absolute atomic E-state index is 0.0693.